The SMILES string of the molecule is CCC1CCC(N)(c2c(F)ccc(Br)c2F)C1. The fourth-order valence-electron chi connectivity index (χ4n) is 2.74. The molecule has 1 saturated carbocycles. The number of hydrogen-bond acceptors (Lipinski definition) is 1. The molecule has 1 nitrogen and oxygen atoms in total. The van der Waals surface area contributed by atoms with Crippen molar-refractivity contribution in [3.63, 3.8) is 0 Å². The minimum absolute atomic E-state index is 0.0443. The smallest absolute Gasteiger partial charge is 0.145 e. The second-order valence-corrected chi connectivity index (χ2v) is 5.75. The Morgan fingerprint density at radius 1 is 1.47 bits per heavy atom. The fourth-order valence-corrected chi connectivity index (χ4v) is 3.07. The summed E-state index contributed by atoms with van der Waals surface area (Å²) in [5.74, 6) is -0.619. The van der Waals surface area contributed by atoms with E-state index in [0.29, 0.717) is 18.8 Å². The van der Waals surface area contributed by atoms with E-state index in [-0.39, 0.29) is 10.0 Å². The van der Waals surface area contributed by atoms with E-state index in [0.717, 1.165) is 12.8 Å². The van der Waals surface area contributed by atoms with Crippen LogP contribution in [0, 0.1) is 17.6 Å². The van der Waals surface area contributed by atoms with Crippen molar-refractivity contribution < 1.29 is 8.78 Å². The Kier molecular flexibility index (Phi) is 3.55. The third-order valence-corrected chi connectivity index (χ3v) is 4.38. The van der Waals surface area contributed by atoms with Crippen molar-refractivity contribution in [1.82, 2.24) is 0 Å². The molecule has 2 rings (SSSR count). The van der Waals surface area contributed by atoms with Gasteiger partial charge in [0.1, 0.15) is 11.6 Å². The second kappa shape index (κ2) is 4.65. The van der Waals surface area contributed by atoms with E-state index >= 15 is 0 Å². The van der Waals surface area contributed by atoms with Gasteiger partial charge >= 0.3 is 0 Å². The van der Waals surface area contributed by atoms with Gasteiger partial charge in [0.25, 0.3) is 0 Å². The van der Waals surface area contributed by atoms with Crippen LogP contribution in [0.4, 0.5) is 8.78 Å². The summed E-state index contributed by atoms with van der Waals surface area (Å²) in [6.07, 6.45) is 3.26. The molecule has 0 aromatic heterocycles. The predicted octanol–water partition coefficient (Wildman–Crippen LogP) is 4.09. The van der Waals surface area contributed by atoms with Gasteiger partial charge in [-0.25, -0.2) is 8.78 Å². The Hall–Kier alpha value is -0.480. The van der Waals surface area contributed by atoms with Crippen LogP contribution in [0.5, 0.6) is 0 Å². The van der Waals surface area contributed by atoms with Crippen LogP contribution in [-0.4, -0.2) is 0 Å². The van der Waals surface area contributed by atoms with E-state index in [2.05, 4.69) is 22.9 Å². The van der Waals surface area contributed by atoms with Crippen LogP contribution in [0.2, 0.25) is 0 Å². The summed E-state index contributed by atoms with van der Waals surface area (Å²) in [4.78, 5) is 0. The molecular weight excluding hydrogens is 288 g/mol. The highest BCUT2D eigenvalue weighted by atomic mass is 79.9. The van der Waals surface area contributed by atoms with E-state index in [1.807, 2.05) is 0 Å². The van der Waals surface area contributed by atoms with Crippen molar-refractivity contribution in [2.45, 2.75) is 38.1 Å². The average Bonchev–Trinajstić information content (AvgIpc) is 2.67. The van der Waals surface area contributed by atoms with Crippen molar-refractivity contribution in [2.75, 3.05) is 0 Å². The van der Waals surface area contributed by atoms with E-state index in [4.69, 9.17) is 5.73 Å². The molecule has 1 fully saturated rings. The van der Waals surface area contributed by atoms with Gasteiger partial charge in [-0.15, -0.1) is 0 Å². The predicted molar refractivity (Wildman–Crippen MR) is 67.6 cm³/mol. The standard InChI is InChI=1S/C13H16BrF2N/c1-2-8-5-6-13(17,7-8)11-10(15)4-3-9(14)12(11)16/h3-4,8H,2,5-7,17H2,1H3. The van der Waals surface area contributed by atoms with Crippen LogP contribution < -0.4 is 5.73 Å². The first-order valence-corrected chi connectivity index (χ1v) is 6.70. The number of rotatable bonds is 2. The molecule has 1 aliphatic carbocycles. The van der Waals surface area contributed by atoms with Gasteiger partial charge in [0.15, 0.2) is 0 Å². The lowest BCUT2D eigenvalue weighted by molar-refractivity contribution is 0.383. The summed E-state index contributed by atoms with van der Waals surface area (Å²) in [7, 11) is 0. The highest BCUT2D eigenvalue weighted by Gasteiger charge is 2.40. The number of hydrogen-bond donors (Lipinski definition) is 1. The van der Waals surface area contributed by atoms with Gasteiger partial charge in [0, 0.05) is 11.1 Å². The summed E-state index contributed by atoms with van der Waals surface area (Å²) in [6.45, 7) is 2.09. The minimum Gasteiger partial charge on any atom is -0.321 e. The van der Waals surface area contributed by atoms with E-state index in [1.54, 1.807) is 0 Å². The topological polar surface area (TPSA) is 26.0 Å². The third kappa shape index (κ3) is 2.25. The van der Waals surface area contributed by atoms with Gasteiger partial charge in [-0.2, -0.15) is 0 Å². The number of benzene rings is 1. The van der Waals surface area contributed by atoms with Crippen LogP contribution in [0.25, 0.3) is 0 Å². The Morgan fingerprint density at radius 2 is 2.18 bits per heavy atom. The summed E-state index contributed by atoms with van der Waals surface area (Å²) in [5, 5.41) is 0. The van der Waals surface area contributed by atoms with Gasteiger partial charge in [-0.05, 0) is 53.2 Å². The molecule has 0 amide bonds. The lowest BCUT2D eigenvalue weighted by atomic mass is 9.87. The monoisotopic (exact) mass is 303 g/mol. The molecule has 0 heterocycles. The van der Waals surface area contributed by atoms with Gasteiger partial charge in [0.05, 0.1) is 4.47 Å². The largest absolute Gasteiger partial charge is 0.321 e. The van der Waals surface area contributed by atoms with E-state index in [9.17, 15) is 8.78 Å². The van der Waals surface area contributed by atoms with Gasteiger partial charge in [-0.1, -0.05) is 13.3 Å². The molecule has 4 heteroatoms. The van der Waals surface area contributed by atoms with Crippen LogP contribution in [0.15, 0.2) is 16.6 Å². The molecular formula is C13H16BrF2N. The maximum Gasteiger partial charge on any atom is 0.145 e. The normalized spacial score (nSPS) is 28.6. The molecule has 1 aliphatic rings. The molecule has 0 spiro atoms. The van der Waals surface area contributed by atoms with E-state index in [1.165, 1.54) is 12.1 Å². The second-order valence-electron chi connectivity index (χ2n) is 4.89. The molecule has 1 aromatic carbocycles. The Morgan fingerprint density at radius 3 is 2.76 bits per heavy atom. The zero-order valence-electron chi connectivity index (χ0n) is 9.77. The Labute approximate surface area is 109 Å². The number of nitrogens with two attached hydrogens (primary N) is 1. The molecule has 0 bridgehead atoms. The van der Waals surface area contributed by atoms with Crippen molar-refractivity contribution in [1.29, 1.82) is 0 Å². The molecule has 0 radical (unpaired) electrons. The van der Waals surface area contributed by atoms with Gasteiger partial charge in [0.2, 0.25) is 0 Å². The molecule has 2 unspecified atom stereocenters. The molecule has 17 heavy (non-hydrogen) atoms. The summed E-state index contributed by atoms with van der Waals surface area (Å²) in [5.41, 5.74) is 5.41. The first-order valence-electron chi connectivity index (χ1n) is 5.91. The summed E-state index contributed by atoms with van der Waals surface area (Å²) >= 11 is 3.09. The highest BCUT2D eigenvalue weighted by Crippen LogP contribution is 2.44. The quantitative estimate of drug-likeness (QED) is 0.818. The van der Waals surface area contributed by atoms with E-state index < -0.39 is 17.2 Å². The van der Waals surface area contributed by atoms with Gasteiger partial charge in [-0.3, -0.25) is 0 Å². The molecule has 94 valence electrons. The molecule has 2 atom stereocenters. The molecule has 2 N–H and O–H groups in total. The molecule has 0 aliphatic heterocycles. The molecule has 0 saturated heterocycles. The Balaban J connectivity index is 2.44. The van der Waals surface area contributed by atoms with Crippen LogP contribution in [-0.2, 0) is 5.54 Å². The highest BCUT2D eigenvalue weighted by molar-refractivity contribution is 9.10. The van der Waals surface area contributed by atoms with Crippen LogP contribution in [0.1, 0.15) is 38.2 Å². The van der Waals surface area contributed by atoms with Crippen molar-refractivity contribution >= 4 is 15.9 Å². The third-order valence-electron chi connectivity index (χ3n) is 3.77. The van der Waals surface area contributed by atoms with Gasteiger partial charge < -0.3 is 5.73 Å². The summed E-state index contributed by atoms with van der Waals surface area (Å²) < 4.78 is 28.1. The first-order chi connectivity index (χ1) is 7.98. The zero-order chi connectivity index (χ0) is 12.6. The Bertz CT molecular complexity index is 436. The minimum atomic E-state index is -0.849. The lowest BCUT2D eigenvalue weighted by Crippen LogP contribution is -2.36. The molecule has 1 aromatic rings. The maximum absolute atomic E-state index is 14.0. The fraction of sp³-hybridized carbons (Fsp3) is 0.538. The van der Waals surface area contributed by atoms with Crippen LogP contribution >= 0.6 is 15.9 Å². The number of halogens is 3. The first kappa shape index (κ1) is 13.0. The zero-order valence-corrected chi connectivity index (χ0v) is 11.4. The lowest BCUT2D eigenvalue weighted by Gasteiger charge is -2.26. The maximum atomic E-state index is 14.0. The van der Waals surface area contributed by atoms with Crippen molar-refractivity contribution in [3.05, 3.63) is 33.8 Å². The summed E-state index contributed by atoms with van der Waals surface area (Å²) in [6, 6.07) is 2.65. The van der Waals surface area contributed by atoms with Crippen molar-refractivity contribution in [3.8, 4) is 0 Å². The van der Waals surface area contributed by atoms with Crippen molar-refractivity contribution in [2.24, 2.45) is 11.7 Å². The average molecular weight is 304 g/mol. The van der Waals surface area contributed by atoms with Crippen LogP contribution in [0.3, 0.4) is 0 Å².